The first-order valence-electron chi connectivity index (χ1n) is 8.34. The van der Waals surface area contributed by atoms with Crippen LogP contribution in [0.4, 0.5) is 10.1 Å². The molecule has 1 amide bonds. The third-order valence-corrected chi connectivity index (χ3v) is 4.15. The van der Waals surface area contributed by atoms with Crippen LogP contribution in [0.1, 0.15) is 18.9 Å². The van der Waals surface area contributed by atoms with Crippen LogP contribution in [-0.4, -0.2) is 19.6 Å². The van der Waals surface area contributed by atoms with Crippen molar-refractivity contribution in [1.82, 2.24) is 10.7 Å². The molecule has 0 saturated heterocycles. The first kappa shape index (κ1) is 17.6. The molecule has 26 heavy (non-hydrogen) atoms. The highest BCUT2D eigenvalue weighted by molar-refractivity contribution is 6.04. The molecule has 2 aromatic carbocycles. The highest BCUT2D eigenvalue weighted by atomic mass is 19.1. The van der Waals surface area contributed by atoms with Crippen LogP contribution in [0.15, 0.2) is 42.1 Å². The Morgan fingerprint density at radius 1 is 1.19 bits per heavy atom. The second-order valence-corrected chi connectivity index (χ2v) is 5.87. The fourth-order valence-corrected chi connectivity index (χ4v) is 2.86. The Labute approximate surface area is 151 Å². The average molecular weight is 356 g/mol. The van der Waals surface area contributed by atoms with E-state index in [4.69, 9.17) is 10.5 Å². The molecule has 0 aromatic heterocycles. The summed E-state index contributed by atoms with van der Waals surface area (Å²) in [4.78, 5) is 12.3. The highest BCUT2D eigenvalue weighted by Gasteiger charge is 2.24. The molecule has 3 rings (SSSR count). The fraction of sp³-hybridized carbons (Fsp3) is 0.211. The number of rotatable bonds is 5. The number of nitrogens with two attached hydrogens (primary N) is 1. The summed E-state index contributed by atoms with van der Waals surface area (Å²) < 4.78 is 18.8. The van der Waals surface area contributed by atoms with Gasteiger partial charge >= 0.3 is 0 Å². The van der Waals surface area contributed by atoms with Crippen molar-refractivity contribution in [1.29, 1.82) is 0 Å². The lowest BCUT2D eigenvalue weighted by molar-refractivity contribution is -0.117. The average Bonchev–Trinajstić information content (AvgIpc) is 2.66. The summed E-state index contributed by atoms with van der Waals surface area (Å²) in [6.07, 6.45) is 0.831. The normalized spacial score (nSPS) is 12.7. The molecule has 0 fully saturated rings. The third-order valence-electron chi connectivity index (χ3n) is 4.15. The minimum absolute atomic E-state index is 0.271. The van der Waals surface area contributed by atoms with Gasteiger partial charge in [0.05, 0.1) is 18.5 Å². The van der Waals surface area contributed by atoms with E-state index in [2.05, 4.69) is 16.2 Å². The second kappa shape index (κ2) is 7.35. The fourth-order valence-electron chi connectivity index (χ4n) is 2.86. The van der Waals surface area contributed by atoms with Crippen LogP contribution in [0.3, 0.4) is 0 Å². The van der Waals surface area contributed by atoms with Gasteiger partial charge in [0, 0.05) is 29.3 Å². The summed E-state index contributed by atoms with van der Waals surface area (Å²) in [6, 6.07) is 9.88. The summed E-state index contributed by atoms with van der Waals surface area (Å²) in [5, 5.41) is 2.79. The standard InChI is InChI=1S/C19H21FN4O2/c1-3-9-22-19(25)18-16(21)14-6-4-5-13(17(14)23-24-18)12-8-7-11(20)10-15(12)26-2/h4-8,10,23-24H,3,9,21H2,1-2H3,(H,22,25). The predicted octanol–water partition coefficient (Wildman–Crippen LogP) is 2.58. The van der Waals surface area contributed by atoms with Gasteiger partial charge in [-0.1, -0.05) is 25.1 Å². The third kappa shape index (κ3) is 3.15. The maximum atomic E-state index is 13.5. The van der Waals surface area contributed by atoms with Gasteiger partial charge in [-0.25, -0.2) is 4.39 Å². The van der Waals surface area contributed by atoms with Crippen molar-refractivity contribution in [3.8, 4) is 16.9 Å². The Bertz CT molecular complexity index is 880. The van der Waals surface area contributed by atoms with E-state index < -0.39 is 0 Å². The van der Waals surface area contributed by atoms with Crippen molar-refractivity contribution in [2.24, 2.45) is 5.73 Å². The largest absolute Gasteiger partial charge is 0.496 e. The molecule has 0 saturated carbocycles. The molecule has 1 aliphatic heterocycles. The molecule has 6 nitrogen and oxygen atoms in total. The van der Waals surface area contributed by atoms with Crippen molar-refractivity contribution in [3.63, 3.8) is 0 Å². The monoisotopic (exact) mass is 356 g/mol. The smallest absolute Gasteiger partial charge is 0.271 e. The molecular weight excluding hydrogens is 335 g/mol. The van der Waals surface area contributed by atoms with E-state index in [9.17, 15) is 9.18 Å². The van der Waals surface area contributed by atoms with E-state index in [1.54, 1.807) is 6.07 Å². The minimum atomic E-state index is -0.379. The summed E-state index contributed by atoms with van der Waals surface area (Å²) >= 11 is 0. The highest BCUT2D eigenvalue weighted by Crippen LogP contribution is 2.39. The van der Waals surface area contributed by atoms with Crippen molar-refractivity contribution < 1.29 is 13.9 Å². The Kier molecular flexibility index (Phi) is 4.97. The first-order valence-corrected chi connectivity index (χ1v) is 8.34. The number of nitrogens with one attached hydrogen (secondary N) is 3. The number of carbonyl (C=O) groups is 1. The number of methoxy groups -OCH3 is 1. The van der Waals surface area contributed by atoms with Gasteiger partial charge in [0.25, 0.3) is 5.91 Å². The van der Waals surface area contributed by atoms with Crippen LogP contribution in [0.2, 0.25) is 0 Å². The first-order chi connectivity index (χ1) is 12.6. The SMILES string of the molecule is CCCNC(=O)C1=C(N)c2cccc(-c3ccc(F)cc3OC)c2NN1. The van der Waals surface area contributed by atoms with E-state index in [0.717, 1.165) is 12.0 Å². The number of anilines is 1. The maximum Gasteiger partial charge on any atom is 0.271 e. The van der Waals surface area contributed by atoms with Gasteiger partial charge < -0.3 is 15.8 Å². The quantitative estimate of drug-likeness (QED) is 0.661. The molecule has 0 aliphatic carbocycles. The molecule has 2 aromatic rings. The molecule has 0 spiro atoms. The van der Waals surface area contributed by atoms with Crippen LogP contribution in [-0.2, 0) is 4.79 Å². The lowest BCUT2D eigenvalue weighted by Crippen LogP contribution is -2.39. The van der Waals surface area contributed by atoms with Crippen LogP contribution < -0.4 is 26.6 Å². The number of ether oxygens (including phenoxy) is 1. The van der Waals surface area contributed by atoms with Gasteiger partial charge in [-0.2, -0.15) is 0 Å². The summed E-state index contributed by atoms with van der Waals surface area (Å²) in [5.74, 6) is -0.239. The number of benzene rings is 2. The zero-order valence-electron chi connectivity index (χ0n) is 14.7. The molecule has 7 heteroatoms. The molecule has 136 valence electrons. The summed E-state index contributed by atoms with van der Waals surface area (Å²) in [7, 11) is 1.49. The van der Waals surface area contributed by atoms with Gasteiger partial charge in [-0.15, -0.1) is 0 Å². The van der Waals surface area contributed by atoms with Crippen molar-refractivity contribution >= 4 is 17.3 Å². The molecular formula is C19H21FN4O2. The number of fused-ring (bicyclic) bond motifs is 1. The second-order valence-electron chi connectivity index (χ2n) is 5.87. The molecule has 0 atom stereocenters. The van der Waals surface area contributed by atoms with Crippen LogP contribution in [0, 0.1) is 5.82 Å². The van der Waals surface area contributed by atoms with Gasteiger partial charge in [-0.3, -0.25) is 15.6 Å². The van der Waals surface area contributed by atoms with E-state index in [1.165, 1.54) is 19.2 Å². The molecule has 0 unspecified atom stereocenters. The lowest BCUT2D eigenvalue weighted by Gasteiger charge is -2.26. The number of hydrogen-bond acceptors (Lipinski definition) is 5. The molecule has 1 aliphatic rings. The van der Waals surface area contributed by atoms with Crippen LogP contribution in [0.5, 0.6) is 5.75 Å². The van der Waals surface area contributed by atoms with E-state index in [-0.39, 0.29) is 17.4 Å². The Balaban J connectivity index is 2.07. The Morgan fingerprint density at radius 2 is 1.96 bits per heavy atom. The number of para-hydroxylation sites is 1. The van der Waals surface area contributed by atoms with E-state index in [0.29, 0.717) is 34.8 Å². The van der Waals surface area contributed by atoms with Gasteiger partial charge in [0.1, 0.15) is 17.3 Å². The van der Waals surface area contributed by atoms with Crippen molar-refractivity contribution in [3.05, 3.63) is 53.5 Å². The van der Waals surface area contributed by atoms with Crippen LogP contribution in [0.25, 0.3) is 16.8 Å². The van der Waals surface area contributed by atoms with Crippen molar-refractivity contribution in [2.45, 2.75) is 13.3 Å². The zero-order chi connectivity index (χ0) is 18.7. The molecule has 0 bridgehead atoms. The zero-order valence-corrected chi connectivity index (χ0v) is 14.7. The Hall–Kier alpha value is -3.22. The number of amides is 1. The van der Waals surface area contributed by atoms with Crippen LogP contribution >= 0.6 is 0 Å². The van der Waals surface area contributed by atoms with Gasteiger partial charge in [0.2, 0.25) is 0 Å². The maximum absolute atomic E-state index is 13.5. The summed E-state index contributed by atoms with van der Waals surface area (Å²) in [6.45, 7) is 2.54. The van der Waals surface area contributed by atoms with Gasteiger partial charge in [0.15, 0.2) is 0 Å². The lowest BCUT2D eigenvalue weighted by atomic mass is 9.96. The van der Waals surface area contributed by atoms with Crippen molar-refractivity contribution in [2.75, 3.05) is 19.1 Å². The molecule has 1 heterocycles. The minimum Gasteiger partial charge on any atom is -0.496 e. The number of carbonyl (C=O) groups excluding carboxylic acids is 1. The summed E-state index contributed by atoms with van der Waals surface area (Å²) in [5.41, 5.74) is 15.6. The number of hydrazine groups is 1. The number of hydrogen-bond donors (Lipinski definition) is 4. The molecule has 0 radical (unpaired) electrons. The topological polar surface area (TPSA) is 88.4 Å². The Morgan fingerprint density at radius 3 is 2.69 bits per heavy atom. The van der Waals surface area contributed by atoms with Gasteiger partial charge in [-0.05, 0) is 18.6 Å². The van der Waals surface area contributed by atoms with E-state index in [1.807, 2.05) is 25.1 Å². The number of halogens is 1. The molecule has 5 N–H and O–H groups in total. The predicted molar refractivity (Wildman–Crippen MR) is 99.6 cm³/mol. The van der Waals surface area contributed by atoms with E-state index >= 15 is 0 Å².